The van der Waals surface area contributed by atoms with E-state index >= 15 is 0 Å². The van der Waals surface area contributed by atoms with Crippen LogP contribution < -0.4 is 0 Å². The monoisotopic (exact) mass is 378 g/mol. The summed E-state index contributed by atoms with van der Waals surface area (Å²) < 4.78 is 27.6. The number of benzene rings is 1. The Hall–Kier alpha value is -2.57. The van der Waals surface area contributed by atoms with E-state index in [2.05, 4.69) is 9.44 Å². The quantitative estimate of drug-likeness (QED) is 0.597. The first-order chi connectivity index (χ1) is 11.9. The van der Waals surface area contributed by atoms with E-state index in [9.17, 15) is 23.6 Å². The van der Waals surface area contributed by atoms with E-state index in [1.54, 1.807) is 31.2 Å². The minimum atomic E-state index is -3.73. The molecular formula is C16H14N2O5S2. The molecule has 1 aromatic rings. The number of allylic oxidation sites excluding steroid dienone is 2. The number of aromatic carboxylic acids is 1. The molecule has 0 spiro atoms. The van der Waals surface area contributed by atoms with Gasteiger partial charge in [-0.3, -0.25) is 4.28 Å². The van der Waals surface area contributed by atoms with Crippen molar-refractivity contribution in [1.29, 1.82) is 5.26 Å². The molecule has 0 aliphatic carbocycles. The van der Waals surface area contributed by atoms with Gasteiger partial charge >= 0.3 is 16.1 Å². The van der Waals surface area contributed by atoms with Crippen molar-refractivity contribution in [3.8, 4) is 6.07 Å². The van der Waals surface area contributed by atoms with Gasteiger partial charge in [-0.25, -0.2) is 4.79 Å². The second-order valence-electron chi connectivity index (χ2n) is 4.90. The molecule has 0 fully saturated rings. The molecule has 0 saturated heterocycles. The third-order valence-corrected chi connectivity index (χ3v) is 5.26. The molecule has 130 valence electrons. The lowest BCUT2D eigenvalue weighted by atomic mass is 10.00. The van der Waals surface area contributed by atoms with Gasteiger partial charge in [-0.1, -0.05) is 42.0 Å². The summed E-state index contributed by atoms with van der Waals surface area (Å²) in [4.78, 5) is 11.8. The van der Waals surface area contributed by atoms with Gasteiger partial charge in [0.25, 0.3) is 0 Å². The first-order valence-corrected chi connectivity index (χ1v) is 9.59. The van der Waals surface area contributed by atoms with Crippen molar-refractivity contribution >= 4 is 38.5 Å². The number of nitriles is 1. The minimum absolute atomic E-state index is 0.00714. The summed E-state index contributed by atoms with van der Waals surface area (Å²) in [6.45, 7) is 1.71. The average Bonchev–Trinajstić information content (AvgIpc) is 3.03. The Morgan fingerprint density at radius 1 is 1.32 bits per heavy atom. The number of hydrogen-bond acceptors (Lipinski definition) is 7. The Labute approximate surface area is 149 Å². The number of carbonyl (C=O) groups is 1. The number of thioether (sulfide) groups is 1. The van der Waals surface area contributed by atoms with Crippen molar-refractivity contribution in [1.82, 2.24) is 0 Å². The Morgan fingerprint density at radius 3 is 2.60 bits per heavy atom. The maximum Gasteiger partial charge on any atom is 0.336 e. The first-order valence-electron chi connectivity index (χ1n) is 7.20. The van der Waals surface area contributed by atoms with Crippen LogP contribution in [-0.2, 0) is 14.4 Å². The Bertz CT molecular complexity index is 924. The van der Waals surface area contributed by atoms with Crippen LogP contribution in [0.2, 0.25) is 0 Å². The standard InChI is InChI=1S/C16H14N2O5S2/c1-2-9-25(21,22)23-18-15-8-7-14(24-15)13(10-17)11-5-3-4-6-12(11)16(19)20/h3-8H,2,9H2,1H3,(H,19,20)/b14-13-,18-15+. The summed E-state index contributed by atoms with van der Waals surface area (Å²) in [5.41, 5.74) is 0.457. The molecule has 0 radical (unpaired) electrons. The predicted molar refractivity (Wildman–Crippen MR) is 95.3 cm³/mol. The van der Waals surface area contributed by atoms with E-state index in [-0.39, 0.29) is 27.5 Å². The van der Waals surface area contributed by atoms with Crippen molar-refractivity contribution in [2.45, 2.75) is 13.3 Å². The summed E-state index contributed by atoms with van der Waals surface area (Å²) >= 11 is 1.03. The van der Waals surface area contributed by atoms with Crippen LogP contribution in [0.4, 0.5) is 0 Å². The maximum atomic E-state index is 11.5. The van der Waals surface area contributed by atoms with Crippen LogP contribution in [0.25, 0.3) is 5.57 Å². The Kier molecular flexibility index (Phi) is 6.01. The van der Waals surface area contributed by atoms with Crippen LogP contribution in [0.1, 0.15) is 29.3 Å². The van der Waals surface area contributed by atoms with E-state index in [1.165, 1.54) is 12.1 Å². The molecule has 0 amide bonds. The summed E-state index contributed by atoms with van der Waals surface area (Å²) in [6.07, 6.45) is 3.48. The van der Waals surface area contributed by atoms with Gasteiger partial charge in [0.15, 0.2) is 0 Å². The lowest BCUT2D eigenvalue weighted by Crippen LogP contribution is -2.07. The van der Waals surface area contributed by atoms with Gasteiger partial charge < -0.3 is 5.11 Å². The highest BCUT2D eigenvalue weighted by Crippen LogP contribution is 2.35. The van der Waals surface area contributed by atoms with E-state index in [0.717, 1.165) is 11.8 Å². The molecule has 2 rings (SSSR count). The minimum Gasteiger partial charge on any atom is -0.478 e. The maximum absolute atomic E-state index is 11.5. The SMILES string of the molecule is CCCS(=O)(=O)O/N=C1C=C/C(=C(\C#N)c2ccccc2C(=O)O)S\1. The highest BCUT2D eigenvalue weighted by atomic mass is 32.2. The molecule has 0 unspecified atom stereocenters. The van der Waals surface area contributed by atoms with Gasteiger partial charge in [-0.15, -0.1) is 0 Å². The molecule has 1 aromatic carbocycles. The number of nitrogens with zero attached hydrogens (tertiary/aromatic N) is 2. The molecular weight excluding hydrogens is 364 g/mol. The molecule has 1 heterocycles. The van der Waals surface area contributed by atoms with Crippen molar-refractivity contribution in [2.75, 3.05) is 5.75 Å². The van der Waals surface area contributed by atoms with Gasteiger partial charge in [0.2, 0.25) is 0 Å². The van der Waals surface area contributed by atoms with Crippen molar-refractivity contribution in [3.05, 3.63) is 52.4 Å². The first kappa shape index (κ1) is 18.8. The number of rotatable bonds is 6. The van der Waals surface area contributed by atoms with Gasteiger partial charge in [-0.05, 0) is 24.6 Å². The van der Waals surface area contributed by atoms with E-state index < -0.39 is 16.1 Å². The largest absolute Gasteiger partial charge is 0.478 e. The van der Waals surface area contributed by atoms with Crippen LogP contribution in [0.5, 0.6) is 0 Å². The average molecular weight is 378 g/mol. The van der Waals surface area contributed by atoms with Crippen molar-refractivity contribution < 1.29 is 22.6 Å². The summed E-state index contributed by atoms with van der Waals surface area (Å²) in [5, 5.41) is 22.5. The number of carboxylic acid groups (broad SMARTS) is 1. The number of hydrogen-bond donors (Lipinski definition) is 1. The molecule has 7 nitrogen and oxygen atoms in total. The molecule has 0 bridgehead atoms. The molecule has 1 aliphatic rings. The van der Waals surface area contributed by atoms with E-state index in [1.807, 2.05) is 6.07 Å². The van der Waals surface area contributed by atoms with Crippen LogP contribution >= 0.6 is 11.8 Å². The van der Waals surface area contributed by atoms with Gasteiger partial charge in [0.1, 0.15) is 11.1 Å². The molecule has 1 aliphatic heterocycles. The molecule has 25 heavy (non-hydrogen) atoms. The lowest BCUT2D eigenvalue weighted by Gasteiger charge is -2.06. The number of carboxylic acids is 1. The zero-order valence-electron chi connectivity index (χ0n) is 13.2. The van der Waals surface area contributed by atoms with E-state index in [0.29, 0.717) is 11.3 Å². The second-order valence-corrected chi connectivity index (χ2v) is 7.64. The molecule has 0 atom stereocenters. The van der Waals surface area contributed by atoms with Gasteiger partial charge in [0.05, 0.1) is 16.9 Å². The molecule has 1 N–H and O–H groups in total. The van der Waals surface area contributed by atoms with Crippen molar-refractivity contribution in [2.24, 2.45) is 5.16 Å². The highest BCUT2D eigenvalue weighted by Gasteiger charge is 2.20. The van der Waals surface area contributed by atoms with Crippen molar-refractivity contribution in [3.63, 3.8) is 0 Å². The second kappa shape index (κ2) is 8.00. The van der Waals surface area contributed by atoms with Gasteiger partial charge in [0, 0.05) is 10.5 Å². The fourth-order valence-corrected chi connectivity index (χ4v) is 3.67. The normalized spacial score (nSPS) is 17.4. The fraction of sp³-hybridized carbons (Fsp3) is 0.188. The predicted octanol–water partition coefficient (Wildman–Crippen LogP) is 2.99. The van der Waals surface area contributed by atoms with Crippen LogP contribution in [0.3, 0.4) is 0 Å². The topological polar surface area (TPSA) is 117 Å². The molecule has 9 heteroatoms. The summed E-state index contributed by atoms with van der Waals surface area (Å²) in [5.74, 6) is -1.28. The third kappa shape index (κ3) is 4.71. The fourth-order valence-electron chi connectivity index (χ4n) is 2.03. The summed E-state index contributed by atoms with van der Waals surface area (Å²) in [6, 6.07) is 8.16. The highest BCUT2D eigenvalue weighted by molar-refractivity contribution is 8.18. The van der Waals surface area contributed by atoms with Crippen LogP contribution in [0, 0.1) is 11.3 Å². The number of oxime groups is 1. The summed E-state index contributed by atoms with van der Waals surface area (Å²) in [7, 11) is -3.73. The van der Waals surface area contributed by atoms with Crippen LogP contribution in [-0.4, -0.2) is 30.3 Å². The molecule has 0 saturated carbocycles. The smallest absolute Gasteiger partial charge is 0.336 e. The zero-order valence-corrected chi connectivity index (χ0v) is 14.8. The molecule has 0 aromatic heterocycles. The van der Waals surface area contributed by atoms with Crippen LogP contribution in [0.15, 0.2) is 46.5 Å². The Balaban J connectivity index is 2.32. The Morgan fingerprint density at radius 2 is 2.00 bits per heavy atom. The van der Waals surface area contributed by atoms with E-state index in [4.69, 9.17) is 0 Å². The lowest BCUT2D eigenvalue weighted by molar-refractivity contribution is 0.0696. The third-order valence-electron chi connectivity index (χ3n) is 3.07. The van der Waals surface area contributed by atoms with Gasteiger partial charge in [-0.2, -0.15) is 13.7 Å². The zero-order chi connectivity index (χ0) is 18.4.